The van der Waals surface area contributed by atoms with Crippen LogP contribution in [0.1, 0.15) is 59.8 Å². The second kappa shape index (κ2) is 7.80. The molecule has 0 bridgehead atoms. The van der Waals surface area contributed by atoms with Gasteiger partial charge in [-0.05, 0) is 38.3 Å². The van der Waals surface area contributed by atoms with Crippen LogP contribution in [0.4, 0.5) is 0 Å². The van der Waals surface area contributed by atoms with E-state index in [1.807, 2.05) is 0 Å². The number of ether oxygens (including phenoxy) is 2. The average Bonchev–Trinajstić information content (AvgIpc) is 3.14. The van der Waals surface area contributed by atoms with Gasteiger partial charge in [0.2, 0.25) is 9.04 Å². The molecule has 1 saturated heterocycles. The van der Waals surface area contributed by atoms with Gasteiger partial charge in [0.05, 0.1) is 19.3 Å². The Hall–Kier alpha value is -0.383. The average molecular weight is 394 g/mol. The summed E-state index contributed by atoms with van der Waals surface area (Å²) in [7, 11) is -0.894. The van der Waals surface area contributed by atoms with E-state index in [1.54, 1.807) is 0 Å². The largest absolute Gasteiger partial charge is 0.401 e. The van der Waals surface area contributed by atoms with Crippen molar-refractivity contribution in [3.8, 4) is 11.8 Å². The molecule has 1 N–H and O–H groups in total. The van der Waals surface area contributed by atoms with E-state index in [0.29, 0.717) is 19.1 Å². The van der Waals surface area contributed by atoms with Crippen LogP contribution in [-0.4, -0.2) is 44.9 Å². The Morgan fingerprint density at radius 2 is 1.89 bits per heavy atom. The van der Waals surface area contributed by atoms with Gasteiger partial charge in [0, 0.05) is 23.7 Å². The molecule has 1 spiro atoms. The van der Waals surface area contributed by atoms with Gasteiger partial charge < -0.3 is 19.0 Å². The molecule has 5 unspecified atom stereocenters. The molecule has 153 valence electrons. The normalized spacial score (nSPS) is 34.1. The highest BCUT2D eigenvalue weighted by Crippen LogP contribution is 2.59. The van der Waals surface area contributed by atoms with Crippen molar-refractivity contribution >= 4 is 9.04 Å². The lowest BCUT2D eigenvalue weighted by Crippen LogP contribution is -2.54. The molecule has 2 aliphatic carbocycles. The SMILES string of the molecule is CCCCC(C#CC1C(O)CC2C1CC21OCCO1)(O[Si](C)C)C(C)(C)C. The van der Waals surface area contributed by atoms with Gasteiger partial charge in [-0.1, -0.05) is 46.0 Å². The molecular formula is C22H37O4Si. The van der Waals surface area contributed by atoms with Crippen LogP contribution in [0.5, 0.6) is 0 Å². The third-order valence-electron chi connectivity index (χ3n) is 6.66. The van der Waals surface area contributed by atoms with Crippen LogP contribution in [0, 0.1) is 35.0 Å². The molecular weight excluding hydrogens is 356 g/mol. The van der Waals surface area contributed by atoms with Crippen molar-refractivity contribution in [2.45, 2.75) is 90.4 Å². The van der Waals surface area contributed by atoms with E-state index in [0.717, 1.165) is 32.1 Å². The van der Waals surface area contributed by atoms with Crippen molar-refractivity contribution in [1.29, 1.82) is 0 Å². The summed E-state index contributed by atoms with van der Waals surface area (Å²) in [6.07, 6.45) is 4.39. The number of rotatable bonds is 5. The van der Waals surface area contributed by atoms with E-state index in [1.165, 1.54) is 0 Å². The molecule has 3 fully saturated rings. The standard InChI is InChI=1S/C22H37O4Si/c1-7-8-10-21(20(2,3)4,26-27(5)6)11-9-16-17-15-22(24-12-13-25-22)18(17)14-19(16)23/h16-19,23H,7-8,10,12-15H2,1-6H3. The zero-order chi connectivity index (χ0) is 19.9. The first kappa shape index (κ1) is 21.3. The molecule has 3 rings (SSSR count). The number of unbranched alkanes of at least 4 members (excludes halogenated alkanes) is 1. The van der Waals surface area contributed by atoms with Crippen LogP contribution >= 0.6 is 0 Å². The molecule has 4 nitrogen and oxygen atoms in total. The van der Waals surface area contributed by atoms with Gasteiger partial charge in [-0.2, -0.15) is 0 Å². The van der Waals surface area contributed by atoms with Gasteiger partial charge in [-0.3, -0.25) is 0 Å². The fourth-order valence-corrected chi connectivity index (χ4v) is 6.20. The van der Waals surface area contributed by atoms with Gasteiger partial charge in [0.25, 0.3) is 0 Å². The Morgan fingerprint density at radius 3 is 2.44 bits per heavy atom. The monoisotopic (exact) mass is 393 g/mol. The summed E-state index contributed by atoms with van der Waals surface area (Å²) >= 11 is 0. The van der Waals surface area contributed by atoms with Crippen molar-refractivity contribution < 1.29 is 19.0 Å². The van der Waals surface area contributed by atoms with Gasteiger partial charge in [-0.25, -0.2) is 0 Å². The van der Waals surface area contributed by atoms with Crippen LogP contribution in [0.2, 0.25) is 13.1 Å². The van der Waals surface area contributed by atoms with Gasteiger partial charge >= 0.3 is 0 Å². The van der Waals surface area contributed by atoms with Gasteiger partial charge in [0.15, 0.2) is 5.79 Å². The number of fused-ring (bicyclic) bond motifs is 2. The van der Waals surface area contributed by atoms with Crippen molar-refractivity contribution in [3.63, 3.8) is 0 Å². The zero-order valence-electron chi connectivity index (χ0n) is 17.9. The summed E-state index contributed by atoms with van der Waals surface area (Å²) in [5.41, 5.74) is -0.515. The van der Waals surface area contributed by atoms with Crippen LogP contribution in [0.25, 0.3) is 0 Å². The van der Waals surface area contributed by atoms with Crippen LogP contribution in [-0.2, 0) is 13.9 Å². The predicted octanol–water partition coefficient (Wildman–Crippen LogP) is 3.99. The lowest BCUT2D eigenvalue weighted by molar-refractivity contribution is -0.270. The second-order valence-corrected chi connectivity index (χ2v) is 11.8. The van der Waals surface area contributed by atoms with Gasteiger partial charge in [0.1, 0.15) is 5.60 Å². The molecule has 1 aliphatic heterocycles. The Labute approximate surface area is 167 Å². The summed E-state index contributed by atoms with van der Waals surface area (Å²) in [5.74, 6) is 7.34. The van der Waals surface area contributed by atoms with Gasteiger partial charge in [-0.15, -0.1) is 0 Å². The highest BCUT2D eigenvalue weighted by atomic mass is 28.3. The lowest BCUT2D eigenvalue weighted by atomic mass is 9.67. The quantitative estimate of drug-likeness (QED) is 0.567. The number of aliphatic hydroxyl groups is 1. The van der Waals surface area contributed by atoms with E-state index in [-0.39, 0.29) is 17.3 Å². The minimum atomic E-state index is -0.894. The van der Waals surface area contributed by atoms with Crippen LogP contribution in [0.3, 0.4) is 0 Å². The predicted molar refractivity (Wildman–Crippen MR) is 108 cm³/mol. The molecule has 3 aliphatic rings. The third kappa shape index (κ3) is 3.89. The van der Waals surface area contributed by atoms with Crippen molar-refractivity contribution in [2.75, 3.05) is 13.2 Å². The highest BCUT2D eigenvalue weighted by molar-refractivity contribution is 6.48. The fourth-order valence-electron chi connectivity index (χ4n) is 5.05. The molecule has 0 aromatic rings. The van der Waals surface area contributed by atoms with Crippen LogP contribution < -0.4 is 0 Å². The first-order valence-corrected chi connectivity index (χ1v) is 13.0. The topological polar surface area (TPSA) is 47.9 Å². The van der Waals surface area contributed by atoms with Crippen LogP contribution in [0.15, 0.2) is 0 Å². The molecule has 0 aromatic carbocycles. The summed E-state index contributed by atoms with van der Waals surface area (Å²) < 4.78 is 18.4. The maximum absolute atomic E-state index is 10.7. The minimum Gasteiger partial charge on any atom is -0.401 e. The molecule has 5 heteroatoms. The zero-order valence-corrected chi connectivity index (χ0v) is 18.9. The first-order chi connectivity index (χ1) is 12.6. The van der Waals surface area contributed by atoms with E-state index in [2.05, 4.69) is 52.6 Å². The summed E-state index contributed by atoms with van der Waals surface area (Å²) in [5, 5.41) is 10.7. The van der Waals surface area contributed by atoms with E-state index < -0.39 is 26.5 Å². The van der Waals surface area contributed by atoms with E-state index >= 15 is 0 Å². The highest BCUT2D eigenvalue weighted by Gasteiger charge is 2.64. The maximum Gasteiger partial charge on any atom is 0.207 e. The van der Waals surface area contributed by atoms with Crippen molar-refractivity contribution in [1.82, 2.24) is 0 Å². The number of hydrogen-bond acceptors (Lipinski definition) is 4. The molecule has 5 atom stereocenters. The summed E-state index contributed by atoms with van der Waals surface area (Å²) in [6, 6.07) is 0. The minimum absolute atomic E-state index is 0.00441. The van der Waals surface area contributed by atoms with E-state index in [9.17, 15) is 5.11 Å². The summed E-state index contributed by atoms with van der Waals surface area (Å²) in [6.45, 7) is 14.6. The molecule has 1 radical (unpaired) electrons. The molecule has 0 amide bonds. The third-order valence-corrected chi connectivity index (χ3v) is 7.42. The number of hydrogen-bond donors (Lipinski definition) is 1. The molecule has 2 saturated carbocycles. The summed E-state index contributed by atoms with van der Waals surface area (Å²) in [4.78, 5) is 0. The van der Waals surface area contributed by atoms with Crippen molar-refractivity contribution in [2.24, 2.45) is 23.2 Å². The Balaban J connectivity index is 1.83. The molecule has 0 aromatic heterocycles. The number of aliphatic hydroxyl groups excluding tert-OH is 1. The smallest absolute Gasteiger partial charge is 0.207 e. The Morgan fingerprint density at radius 1 is 1.22 bits per heavy atom. The lowest BCUT2D eigenvalue weighted by Gasteiger charge is -2.48. The Kier molecular flexibility index (Phi) is 6.16. The molecule has 1 heterocycles. The molecule has 27 heavy (non-hydrogen) atoms. The first-order valence-electron chi connectivity index (χ1n) is 10.6. The fraction of sp³-hybridized carbons (Fsp3) is 0.909. The Bertz CT molecular complexity index is 581. The van der Waals surface area contributed by atoms with Crippen molar-refractivity contribution in [3.05, 3.63) is 0 Å². The second-order valence-electron chi connectivity index (χ2n) is 9.77. The maximum atomic E-state index is 10.7. The van der Waals surface area contributed by atoms with E-state index in [4.69, 9.17) is 13.9 Å².